The Kier molecular flexibility index (Phi) is 13.9. The summed E-state index contributed by atoms with van der Waals surface area (Å²) in [4.78, 5) is 0. The predicted molar refractivity (Wildman–Crippen MR) is 188 cm³/mol. The van der Waals surface area contributed by atoms with Gasteiger partial charge in [-0.1, -0.05) is 34.4 Å². The van der Waals surface area contributed by atoms with Gasteiger partial charge in [0.1, 0.15) is 6.79 Å². The molecule has 2 saturated carbocycles. The van der Waals surface area contributed by atoms with Gasteiger partial charge in [0, 0.05) is 23.5 Å². The molecule has 0 amide bonds. The third kappa shape index (κ3) is 9.62. The Morgan fingerprint density at radius 2 is 1.65 bits per heavy atom. The highest BCUT2D eigenvalue weighted by atomic mass is 33.1. The van der Waals surface area contributed by atoms with Crippen LogP contribution in [0.25, 0.3) is 0 Å². The number of rotatable bonds is 11. The molecule has 0 aromatic heterocycles. The fraction of sp³-hybridized carbons (Fsp3) is 0.667. The van der Waals surface area contributed by atoms with Gasteiger partial charge < -0.3 is 54.7 Å². The zero-order valence-electron chi connectivity index (χ0n) is 28.2. The monoisotopic (exact) mass is 724 g/mol. The summed E-state index contributed by atoms with van der Waals surface area (Å²) in [5.41, 5.74) is 2.80. The Balaban J connectivity index is 1.40. The predicted octanol–water partition coefficient (Wildman–Crippen LogP) is 4.98. The molecule has 3 aliphatic rings. The van der Waals surface area contributed by atoms with Crippen LogP contribution in [0.3, 0.4) is 0 Å². The van der Waals surface area contributed by atoms with E-state index in [-0.39, 0.29) is 59.6 Å². The van der Waals surface area contributed by atoms with Crippen LogP contribution in [0.15, 0.2) is 24.3 Å². The lowest BCUT2D eigenvalue weighted by Gasteiger charge is -2.30. The molecule has 2 aromatic carbocycles. The van der Waals surface area contributed by atoms with Gasteiger partial charge in [0.05, 0.1) is 31.5 Å². The molecule has 2 aliphatic carbocycles. The molecule has 13 heteroatoms. The number of phenolic OH excluding ortho intramolecular Hbond substituents is 2. The van der Waals surface area contributed by atoms with E-state index >= 15 is 0 Å². The van der Waals surface area contributed by atoms with E-state index in [1.807, 2.05) is 6.07 Å². The zero-order valence-corrected chi connectivity index (χ0v) is 29.8. The first kappa shape index (κ1) is 38.1. The molecular weight excluding hydrogens is 673 g/mol. The van der Waals surface area contributed by atoms with Gasteiger partial charge in [0.25, 0.3) is 0 Å². The fourth-order valence-electron chi connectivity index (χ4n) is 7.96. The summed E-state index contributed by atoms with van der Waals surface area (Å²) in [6.45, 7) is -1.27. The lowest BCUT2D eigenvalue weighted by molar-refractivity contribution is -0.0808. The van der Waals surface area contributed by atoms with Crippen molar-refractivity contribution in [3.8, 4) is 28.7 Å². The largest absolute Gasteiger partial charge is 0.504 e. The van der Waals surface area contributed by atoms with Gasteiger partial charge in [-0.15, -0.1) is 0 Å². The number of phenols is 2. The Morgan fingerprint density at radius 3 is 2.37 bits per heavy atom. The van der Waals surface area contributed by atoms with Crippen molar-refractivity contribution in [3.05, 3.63) is 41.0 Å². The summed E-state index contributed by atoms with van der Waals surface area (Å²) in [6, 6.07) is 6.80. The topological polar surface area (TPSA) is 179 Å². The molecule has 1 aliphatic heterocycles. The number of methoxy groups -OCH3 is 1. The smallest absolute Gasteiger partial charge is 0.200 e. The van der Waals surface area contributed by atoms with Crippen LogP contribution in [0.5, 0.6) is 28.7 Å². The molecule has 0 radical (unpaired) electrons. The molecule has 1 heterocycles. The summed E-state index contributed by atoms with van der Waals surface area (Å²) < 4.78 is 22.6. The van der Waals surface area contributed by atoms with E-state index < -0.39 is 37.8 Å². The molecule has 6 atom stereocenters. The molecule has 0 bridgehead atoms. The van der Waals surface area contributed by atoms with Crippen LogP contribution < -0.4 is 14.2 Å². The minimum Gasteiger partial charge on any atom is -0.504 e. The number of ether oxygens (including phenoxy) is 4. The minimum absolute atomic E-state index is 0.0130. The van der Waals surface area contributed by atoms with E-state index in [0.717, 1.165) is 30.4 Å². The minimum atomic E-state index is -1.03. The van der Waals surface area contributed by atoms with Crippen LogP contribution in [0.4, 0.5) is 0 Å². The second-order valence-corrected chi connectivity index (χ2v) is 16.3. The quantitative estimate of drug-likeness (QED) is 0.122. The highest BCUT2D eigenvalue weighted by Gasteiger charge is 2.42. The maximum absolute atomic E-state index is 11.6. The van der Waals surface area contributed by atoms with Gasteiger partial charge >= 0.3 is 0 Å². The van der Waals surface area contributed by atoms with Gasteiger partial charge in [-0.3, -0.25) is 0 Å². The number of benzene rings is 2. The molecular formula is C36H52O11S2. The Bertz CT molecular complexity index is 1350. The van der Waals surface area contributed by atoms with Crippen molar-refractivity contribution >= 4 is 21.6 Å². The SMILES string of the molecule is COc1cc(C[C@@H]2[C@H](O)C[C@@H](OCO)CCc3cc(O[C@@H]4CCC5(CCCC5)C4)c(O)cc3[C@H](CCO)SSC[C@@H]2O)cc(OCO)c1O. The summed E-state index contributed by atoms with van der Waals surface area (Å²) in [5, 5.41) is 73.6. The molecule has 49 heavy (non-hydrogen) atoms. The molecule has 1 spiro atoms. The summed E-state index contributed by atoms with van der Waals surface area (Å²) in [5.74, 6) is -0.0330. The number of hydrogen-bond donors (Lipinski definition) is 7. The van der Waals surface area contributed by atoms with Crippen molar-refractivity contribution in [2.75, 3.05) is 33.1 Å². The first-order valence-corrected chi connectivity index (χ1v) is 19.7. The molecule has 2 fully saturated rings. The Morgan fingerprint density at radius 1 is 0.878 bits per heavy atom. The van der Waals surface area contributed by atoms with Crippen LogP contribution in [0.1, 0.15) is 86.1 Å². The molecule has 0 saturated heterocycles. The highest BCUT2D eigenvalue weighted by molar-refractivity contribution is 8.76. The third-order valence-electron chi connectivity index (χ3n) is 10.5. The molecule has 2 aromatic rings. The van der Waals surface area contributed by atoms with E-state index in [4.69, 9.17) is 18.9 Å². The van der Waals surface area contributed by atoms with Gasteiger partial charge in [-0.25, -0.2) is 0 Å². The molecule has 11 nitrogen and oxygen atoms in total. The van der Waals surface area contributed by atoms with Crippen LogP contribution in [0, 0.1) is 11.3 Å². The number of aliphatic hydroxyl groups is 5. The van der Waals surface area contributed by atoms with E-state index in [0.29, 0.717) is 36.0 Å². The van der Waals surface area contributed by atoms with E-state index in [1.165, 1.54) is 60.4 Å². The zero-order chi connectivity index (χ0) is 35.0. The average Bonchev–Trinajstić information content (AvgIpc) is 3.72. The Labute approximate surface area is 296 Å². The van der Waals surface area contributed by atoms with E-state index in [9.17, 15) is 35.7 Å². The van der Waals surface area contributed by atoms with Gasteiger partial charge in [-0.2, -0.15) is 0 Å². The summed E-state index contributed by atoms with van der Waals surface area (Å²) in [6.07, 6.45) is 7.35. The van der Waals surface area contributed by atoms with Crippen molar-refractivity contribution < 1.29 is 54.7 Å². The second kappa shape index (κ2) is 17.9. The van der Waals surface area contributed by atoms with Gasteiger partial charge in [0.15, 0.2) is 29.8 Å². The first-order valence-electron chi connectivity index (χ1n) is 17.3. The number of fused-ring (bicyclic) bond motifs is 1. The highest BCUT2D eigenvalue weighted by Crippen LogP contribution is 2.52. The van der Waals surface area contributed by atoms with Crippen LogP contribution in [-0.4, -0.2) is 93.2 Å². The molecule has 5 rings (SSSR count). The van der Waals surface area contributed by atoms with Crippen LogP contribution >= 0.6 is 21.6 Å². The molecule has 0 unspecified atom stereocenters. The standard InChI is InChI=1S/C36H52O11S2/c1-44-32-13-22(14-33(35(32)43)46-21-39)12-27-28(40)16-24(45-20-38)5-4-23-15-31(47-25-6-10-36(18-25)8-2-3-9-36)29(41)17-26(23)34(7-11-37)49-48-19-30(27)42/h13-15,17,24-25,27-28,30,34,37-43H,2-12,16,18-21H2,1H3/t24-,25+,27+,28+,30-,34-/m0/s1. The van der Waals surface area contributed by atoms with Crippen molar-refractivity contribution in [1.29, 1.82) is 0 Å². The number of hydrogen-bond acceptors (Lipinski definition) is 13. The third-order valence-corrected chi connectivity index (χ3v) is 13.4. The summed E-state index contributed by atoms with van der Waals surface area (Å²) >= 11 is 0. The van der Waals surface area contributed by atoms with E-state index in [1.54, 1.807) is 12.1 Å². The normalized spacial score (nSPS) is 27.6. The van der Waals surface area contributed by atoms with Crippen molar-refractivity contribution in [1.82, 2.24) is 0 Å². The number of aromatic hydroxyl groups is 2. The van der Waals surface area contributed by atoms with Gasteiger partial charge in [-0.05, 0) is 111 Å². The second-order valence-electron chi connectivity index (χ2n) is 13.7. The molecule has 274 valence electrons. The summed E-state index contributed by atoms with van der Waals surface area (Å²) in [7, 11) is 4.32. The maximum Gasteiger partial charge on any atom is 0.200 e. The number of aryl methyl sites for hydroxylation is 1. The maximum atomic E-state index is 11.6. The fourth-order valence-corrected chi connectivity index (χ4v) is 10.9. The lowest BCUT2D eigenvalue weighted by atomic mass is 9.85. The van der Waals surface area contributed by atoms with Crippen molar-refractivity contribution in [2.45, 2.75) is 107 Å². The van der Waals surface area contributed by atoms with E-state index in [2.05, 4.69) is 0 Å². The van der Waals surface area contributed by atoms with Crippen LogP contribution in [-0.2, 0) is 17.6 Å². The lowest BCUT2D eigenvalue weighted by Crippen LogP contribution is -2.38. The van der Waals surface area contributed by atoms with Gasteiger partial charge in [0.2, 0.25) is 5.75 Å². The average molecular weight is 725 g/mol. The Hall–Kier alpha value is -2.10. The molecule has 7 N–H and O–H groups in total. The van der Waals surface area contributed by atoms with Crippen molar-refractivity contribution in [3.63, 3.8) is 0 Å². The van der Waals surface area contributed by atoms with Crippen LogP contribution in [0.2, 0.25) is 0 Å². The first-order chi connectivity index (χ1) is 23.7. The number of aliphatic hydroxyl groups excluding tert-OH is 5. The van der Waals surface area contributed by atoms with Crippen molar-refractivity contribution in [2.24, 2.45) is 11.3 Å².